The molecule has 0 radical (unpaired) electrons. The maximum Gasteiger partial charge on any atom is 0.416 e. The fourth-order valence-corrected chi connectivity index (χ4v) is 2.19. The summed E-state index contributed by atoms with van der Waals surface area (Å²) in [6, 6.07) is 6.84. The third-order valence-corrected chi connectivity index (χ3v) is 3.62. The fraction of sp³-hybridized carbons (Fsp3) is 0.222. The van der Waals surface area contributed by atoms with Gasteiger partial charge in [0.05, 0.1) is 17.6 Å². The minimum atomic E-state index is -4.51. The second kappa shape index (κ2) is 8.59. The van der Waals surface area contributed by atoms with Gasteiger partial charge in [-0.1, -0.05) is 0 Å². The number of methoxy groups -OCH3 is 1. The normalized spacial score (nSPS) is 12.0. The molecule has 0 aromatic heterocycles. The van der Waals surface area contributed by atoms with Crippen molar-refractivity contribution in [3.8, 4) is 11.5 Å². The van der Waals surface area contributed by atoms with Crippen LogP contribution in [0.25, 0.3) is 0 Å². The SMILES string of the molecule is COC(=O)C(C)OC(=O)c1cc(Oc2ccc(C(F)(F)F)cc2)ccc1[N+](=O)[O-]. The van der Waals surface area contributed by atoms with Crippen molar-refractivity contribution in [3.63, 3.8) is 0 Å². The zero-order valence-corrected chi connectivity index (χ0v) is 15.1. The average molecular weight is 413 g/mol. The number of ether oxygens (including phenoxy) is 3. The number of hydrogen-bond donors (Lipinski definition) is 0. The number of nitro groups is 1. The van der Waals surface area contributed by atoms with Gasteiger partial charge in [-0.05, 0) is 37.3 Å². The van der Waals surface area contributed by atoms with Gasteiger partial charge in [0.1, 0.15) is 17.1 Å². The van der Waals surface area contributed by atoms with Gasteiger partial charge < -0.3 is 14.2 Å². The first kappa shape index (κ1) is 21.7. The number of carbonyl (C=O) groups is 2. The van der Waals surface area contributed by atoms with Crippen LogP contribution >= 0.6 is 0 Å². The largest absolute Gasteiger partial charge is 0.466 e. The Balaban J connectivity index is 2.29. The molecule has 0 N–H and O–H groups in total. The summed E-state index contributed by atoms with van der Waals surface area (Å²) in [5.74, 6) is -2.09. The Morgan fingerprint density at radius 1 is 1.07 bits per heavy atom. The molecule has 0 saturated carbocycles. The van der Waals surface area contributed by atoms with E-state index in [1.54, 1.807) is 0 Å². The molecule has 0 bridgehead atoms. The lowest BCUT2D eigenvalue weighted by molar-refractivity contribution is -0.385. The molecule has 0 aliphatic rings. The molecular formula is C18H14F3NO7. The molecule has 1 atom stereocenters. The van der Waals surface area contributed by atoms with Crippen molar-refractivity contribution in [3.05, 3.63) is 63.7 Å². The molecule has 0 aliphatic heterocycles. The van der Waals surface area contributed by atoms with Crippen LogP contribution in [-0.2, 0) is 20.4 Å². The Morgan fingerprint density at radius 2 is 1.66 bits per heavy atom. The summed E-state index contributed by atoms with van der Waals surface area (Å²) in [5.41, 5.74) is -1.99. The third kappa shape index (κ3) is 5.43. The number of rotatable bonds is 6. The number of carbonyl (C=O) groups excluding carboxylic acids is 2. The highest BCUT2D eigenvalue weighted by molar-refractivity contribution is 5.95. The fourth-order valence-electron chi connectivity index (χ4n) is 2.19. The molecule has 154 valence electrons. The van der Waals surface area contributed by atoms with Gasteiger partial charge in [-0.2, -0.15) is 13.2 Å². The van der Waals surface area contributed by atoms with Gasteiger partial charge in [0.25, 0.3) is 5.69 Å². The molecule has 0 heterocycles. The zero-order valence-electron chi connectivity index (χ0n) is 15.1. The molecule has 11 heteroatoms. The van der Waals surface area contributed by atoms with E-state index in [1.807, 2.05) is 0 Å². The number of hydrogen-bond acceptors (Lipinski definition) is 7. The van der Waals surface area contributed by atoms with Crippen LogP contribution in [-0.4, -0.2) is 30.1 Å². The summed E-state index contributed by atoms with van der Waals surface area (Å²) >= 11 is 0. The van der Waals surface area contributed by atoms with E-state index in [2.05, 4.69) is 4.74 Å². The molecule has 29 heavy (non-hydrogen) atoms. The molecule has 0 fully saturated rings. The van der Waals surface area contributed by atoms with E-state index in [-0.39, 0.29) is 11.5 Å². The summed E-state index contributed by atoms with van der Waals surface area (Å²) in [7, 11) is 1.08. The van der Waals surface area contributed by atoms with Crippen LogP contribution in [0.3, 0.4) is 0 Å². The van der Waals surface area contributed by atoms with Gasteiger partial charge in [0, 0.05) is 12.1 Å². The lowest BCUT2D eigenvalue weighted by Crippen LogP contribution is -2.25. The molecule has 2 aromatic rings. The molecule has 8 nitrogen and oxygen atoms in total. The van der Waals surface area contributed by atoms with Crippen molar-refractivity contribution in [2.75, 3.05) is 7.11 Å². The van der Waals surface area contributed by atoms with Gasteiger partial charge in [0.15, 0.2) is 6.10 Å². The van der Waals surface area contributed by atoms with Crippen molar-refractivity contribution in [1.82, 2.24) is 0 Å². The number of alkyl halides is 3. The summed E-state index contributed by atoms with van der Waals surface area (Å²) in [6.45, 7) is 1.22. The van der Waals surface area contributed by atoms with Crippen LogP contribution in [0, 0.1) is 10.1 Å². The zero-order chi connectivity index (χ0) is 21.8. The molecule has 0 aliphatic carbocycles. The summed E-state index contributed by atoms with van der Waals surface area (Å²) in [6.07, 6.45) is -5.83. The van der Waals surface area contributed by atoms with Gasteiger partial charge >= 0.3 is 18.1 Å². The van der Waals surface area contributed by atoms with Gasteiger partial charge in [-0.15, -0.1) is 0 Å². The van der Waals surface area contributed by atoms with E-state index in [0.29, 0.717) is 0 Å². The quantitative estimate of drug-likeness (QED) is 0.398. The monoisotopic (exact) mass is 413 g/mol. The van der Waals surface area contributed by atoms with Crippen LogP contribution in [0.4, 0.5) is 18.9 Å². The van der Waals surface area contributed by atoms with Crippen molar-refractivity contribution < 1.29 is 41.9 Å². The first-order valence-corrected chi connectivity index (χ1v) is 7.95. The number of nitrogens with zero attached hydrogens (tertiary/aromatic N) is 1. The van der Waals surface area contributed by atoms with Gasteiger partial charge in [-0.3, -0.25) is 10.1 Å². The Labute approximate surface area is 161 Å². The minimum Gasteiger partial charge on any atom is -0.466 e. The topological polar surface area (TPSA) is 105 Å². The Bertz CT molecular complexity index is 926. The standard InChI is InChI=1S/C18H14F3NO7/c1-10(16(23)27-2)28-17(24)14-9-13(7-8-15(14)22(25)26)29-12-5-3-11(4-6-12)18(19,20)21/h3-10H,1-2H3. The molecular weight excluding hydrogens is 399 g/mol. The predicted molar refractivity (Wildman–Crippen MR) is 91.5 cm³/mol. The highest BCUT2D eigenvalue weighted by Gasteiger charge is 2.30. The lowest BCUT2D eigenvalue weighted by Gasteiger charge is -2.12. The Kier molecular flexibility index (Phi) is 6.42. The maximum absolute atomic E-state index is 12.6. The van der Waals surface area contributed by atoms with Crippen molar-refractivity contribution >= 4 is 17.6 Å². The summed E-state index contributed by atoms with van der Waals surface area (Å²) in [5, 5.41) is 11.2. The van der Waals surface area contributed by atoms with E-state index in [4.69, 9.17) is 9.47 Å². The molecule has 2 rings (SSSR count). The van der Waals surface area contributed by atoms with Gasteiger partial charge in [0.2, 0.25) is 0 Å². The van der Waals surface area contributed by atoms with Crippen LogP contribution in [0.2, 0.25) is 0 Å². The molecule has 0 amide bonds. The van der Waals surface area contributed by atoms with E-state index in [1.165, 1.54) is 6.92 Å². The van der Waals surface area contributed by atoms with Crippen LogP contribution in [0.5, 0.6) is 11.5 Å². The van der Waals surface area contributed by atoms with Crippen molar-refractivity contribution in [1.29, 1.82) is 0 Å². The second-order valence-electron chi connectivity index (χ2n) is 5.63. The highest BCUT2D eigenvalue weighted by Crippen LogP contribution is 2.32. The lowest BCUT2D eigenvalue weighted by atomic mass is 10.1. The summed E-state index contributed by atoms with van der Waals surface area (Å²) < 4.78 is 52.4. The second-order valence-corrected chi connectivity index (χ2v) is 5.63. The smallest absolute Gasteiger partial charge is 0.416 e. The number of halogens is 3. The first-order chi connectivity index (χ1) is 13.5. The Morgan fingerprint density at radius 3 is 2.17 bits per heavy atom. The third-order valence-electron chi connectivity index (χ3n) is 3.62. The number of nitro benzene ring substituents is 1. The van der Waals surface area contributed by atoms with E-state index in [0.717, 1.165) is 49.6 Å². The maximum atomic E-state index is 12.6. The molecule has 0 spiro atoms. The molecule has 2 aromatic carbocycles. The number of esters is 2. The van der Waals surface area contributed by atoms with E-state index >= 15 is 0 Å². The van der Waals surface area contributed by atoms with E-state index < -0.39 is 46.0 Å². The summed E-state index contributed by atoms with van der Waals surface area (Å²) in [4.78, 5) is 33.9. The van der Waals surface area contributed by atoms with Gasteiger partial charge in [-0.25, -0.2) is 9.59 Å². The van der Waals surface area contributed by atoms with E-state index in [9.17, 15) is 32.9 Å². The predicted octanol–water partition coefficient (Wildman–Crippen LogP) is 4.12. The minimum absolute atomic E-state index is 0.00843. The Hall–Kier alpha value is -3.63. The highest BCUT2D eigenvalue weighted by atomic mass is 19.4. The number of benzene rings is 2. The van der Waals surface area contributed by atoms with Crippen LogP contribution in [0.15, 0.2) is 42.5 Å². The van der Waals surface area contributed by atoms with Crippen LogP contribution < -0.4 is 4.74 Å². The van der Waals surface area contributed by atoms with Crippen molar-refractivity contribution in [2.24, 2.45) is 0 Å². The molecule has 0 saturated heterocycles. The van der Waals surface area contributed by atoms with Crippen molar-refractivity contribution in [2.45, 2.75) is 19.2 Å². The van der Waals surface area contributed by atoms with Crippen LogP contribution in [0.1, 0.15) is 22.8 Å². The first-order valence-electron chi connectivity index (χ1n) is 7.95. The average Bonchev–Trinajstić information content (AvgIpc) is 2.66. The molecule has 1 unspecified atom stereocenters.